The van der Waals surface area contributed by atoms with E-state index in [-0.39, 0.29) is 0 Å². The average molecular weight is 353 g/mol. The molecule has 0 bridgehead atoms. The molecule has 1 N–H and O–H groups in total. The molecular formula is C16H25BrN4. The normalized spacial score (nSPS) is 23.1. The number of aromatic nitrogens is 1. The van der Waals surface area contributed by atoms with Crippen LogP contribution >= 0.6 is 15.9 Å². The molecule has 5 heteroatoms. The standard InChI is InChI=1S/C16H25BrN4/c1-2-18-10-13-9-14(17)11-19-16(13)21-8-7-20-6-4-3-5-15(20)12-21/h9,11,15,18H,2-8,10,12H2,1H3. The predicted octanol–water partition coefficient (Wildman–Crippen LogP) is 2.63. The number of halogens is 1. The van der Waals surface area contributed by atoms with E-state index in [1.165, 1.54) is 43.7 Å². The van der Waals surface area contributed by atoms with Gasteiger partial charge in [0.25, 0.3) is 0 Å². The van der Waals surface area contributed by atoms with Gasteiger partial charge in [-0.25, -0.2) is 4.98 Å². The summed E-state index contributed by atoms with van der Waals surface area (Å²) in [5.41, 5.74) is 1.30. The quantitative estimate of drug-likeness (QED) is 0.902. The molecule has 0 spiro atoms. The Hall–Kier alpha value is -0.650. The van der Waals surface area contributed by atoms with Gasteiger partial charge in [-0.3, -0.25) is 4.90 Å². The largest absolute Gasteiger partial charge is 0.353 e. The van der Waals surface area contributed by atoms with Crippen LogP contribution in [0.15, 0.2) is 16.7 Å². The predicted molar refractivity (Wildman–Crippen MR) is 90.7 cm³/mol. The maximum atomic E-state index is 4.71. The molecule has 1 unspecified atom stereocenters. The van der Waals surface area contributed by atoms with Crippen molar-refractivity contribution in [3.63, 3.8) is 0 Å². The van der Waals surface area contributed by atoms with Gasteiger partial charge >= 0.3 is 0 Å². The van der Waals surface area contributed by atoms with Gasteiger partial charge in [0.1, 0.15) is 5.82 Å². The lowest BCUT2D eigenvalue weighted by Gasteiger charge is -2.44. The van der Waals surface area contributed by atoms with Crippen LogP contribution < -0.4 is 10.2 Å². The zero-order valence-corrected chi connectivity index (χ0v) is 14.4. The SMILES string of the molecule is CCNCc1cc(Br)cnc1N1CCN2CCCCC2C1. The summed E-state index contributed by atoms with van der Waals surface area (Å²) in [5, 5.41) is 3.43. The van der Waals surface area contributed by atoms with Gasteiger partial charge in [-0.1, -0.05) is 13.3 Å². The van der Waals surface area contributed by atoms with E-state index in [0.717, 1.165) is 36.7 Å². The second-order valence-corrected chi connectivity index (χ2v) is 6.96. The summed E-state index contributed by atoms with van der Waals surface area (Å²) in [6, 6.07) is 2.93. The van der Waals surface area contributed by atoms with Gasteiger partial charge in [0.05, 0.1) is 0 Å². The minimum absolute atomic E-state index is 0.727. The van der Waals surface area contributed by atoms with Gasteiger partial charge in [0.2, 0.25) is 0 Å². The van der Waals surface area contributed by atoms with Crippen molar-refractivity contribution in [1.82, 2.24) is 15.2 Å². The molecule has 116 valence electrons. The summed E-state index contributed by atoms with van der Waals surface area (Å²) in [4.78, 5) is 9.87. The van der Waals surface area contributed by atoms with E-state index in [2.05, 4.69) is 44.0 Å². The van der Waals surface area contributed by atoms with E-state index in [1.54, 1.807) is 0 Å². The molecule has 3 rings (SSSR count). The third-order valence-electron chi connectivity index (χ3n) is 4.61. The van der Waals surface area contributed by atoms with Crippen molar-refractivity contribution in [1.29, 1.82) is 0 Å². The van der Waals surface area contributed by atoms with Crippen molar-refractivity contribution in [3.8, 4) is 0 Å². The Balaban J connectivity index is 1.76. The lowest BCUT2D eigenvalue weighted by Crippen LogP contribution is -2.55. The molecule has 0 aromatic carbocycles. The summed E-state index contributed by atoms with van der Waals surface area (Å²) in [5.74, 6) is 1.17. The number of nitrogens with zero attached hydrogens (tertiary/aromatic N) is 3. The van der Waals surface area contributed by atoms with Crippen LogP contribution in [0.1, 0.15) is 31.7 Å². The molecule has 2 aliphatic heterocycles. The highest BCUT2D eigenvalue weighted by atomic mass is 79.9. The fourth-order valence-corrected chi connectivity index (χ4v) is 3.88. The van der Waals surface area contributed by atoms with Crippen molar-refractivity contribution >= 4 is 21.7 Å². The molecule has 1 aromatic rings. The number of hydrogen-bond acceptors (Lipinski definition) is 4. The van der Waals surface area contributed by atoms with Gasteiger partial charge in [-0.05, 0) is 47.9 Å². The van der Waals surface area contributed by atoms with Gasteiger partial charge in [-0.2, -0.15) is 0 Å². The second kappa shape index (κ2) is 7.07. The number of fused-ring (bicyclic) bond motifs is 1. The molecule has 0 radical (unpaired) electrons. The minimum atomic E-state index is 0.727. The number of piperidine rings is 1. The van der Waals surface area contributed by atoms with E-state index in [1.807, 2.05) is 6.20 Å². The van der Waals surface area contributed by atoms with E-state index >= 15 is 0 Å². The first-order valence-corrected chi connectivity index (χ1v) is 8.91. The van der Waals surface area contributed by atoms with Crippen molar-refractivity contribution in [2.75, 3.05) is 37.6 Å². The molecule has 21 heavy (non-hydrogen) atoms. The highest BCUT2D eigenvalue weighted by molar-refractivity contribution is 9.10. The number of pyridine rings is 1. The molecule has 2 fully saturated rings. The molecule has 0 aliphatic carbocycles. The molecule has 1 atom stereocenters. The topological polar surface area (TPSA) is 31.4 Å². The Morgan fingerprint density at radius 2 is 2.24 bits per heavy atom. The first-order chi connectivity index (χ1) is 10.3. The van der Waals surface area contributed by atoms with Crippen LogP contribution in [0.3, 0.4) is 0 Å². The lowest BCUT2D eigenvalue weighted by atomic mass is 9.99. The Morgan fingerprint density at radius 1 is 1.33 bits per heavy atom. The summed E-state index contributed by atoms with van der Waals surface area (Å²) in [7, 11) is 0. The van der Waals surface area contributed by atoms with E-state index in [9.17, 15) is 0 Å². The van der Waals surface area contributed by atoms with Crippen molar-refractivity contribution in [2.45, 2.75) is 38.8 Å². The fraction of sp³-hybridized carbons (Fsp3) is 0.688. The monoisotopic (exact) mass is 352 g/mol. The van der Waals surface area contributed by atoms with Crippen LogP contribution in [0.4, 0.5) is 5.82 Å². The molecule has 2 saturated heterocycles. The van der Waals surface area contributed by atoms with Crippen LogP contribution in [0.25, 0.3) is 0 Å². The number of rotatable bonds is 4. The van der Waals surface area contributed by atoms with Crippen LogP contribution in [0.5, 0.6) is 0 Å². The van der Waals surface area contributed by atoms with Crippen molar-refractivity contribution in [3.05, 3.63) is 22.3 Å². The highest BCUT2D eigenvalue weighted by Gasteiger charge is 2.30. The first kappa shape index (κ1) is 15.3. The third-order valence-corrected chi connectivity index (χ3v) is 5.05. The van der Waals surface area contributed by atoms with Crippen LogP contribution in [-0.2, 0) is 6.54 Å². The smallest absolute Gasteiger partial charge is 0.133 e. The zero-order chi connectivity index (χ0) is 14.7. The number of anilines is 1. The first-order valence-electron chi connectivity index (χ1n) is 8.12. The lowest BCUT2D eigenvalue weighted by molar-refractivity contribution is 0.133. The molecule has 3 heterocycles. The van der Waals surface area contributed by atoms with E-state index < -0.39 is 0 Å². The van der Waals surface area contributed by atoms with E-state index in [4.69, 9.17) is 4.98 Å². The minimum Gasteiger partial charge on any atom is -0.353 e. The Morgan fingerprint density at radius 3 is 3.10 bits per heavy atom. The third kappa shape index (κ3) is 3.58. The Bertz CT molecular complexity index is 479. The maximum absolute atomic E-state index is 4.71. The van der Waals surface area contributed by atoms with E-state index in [0.29, 0.717) is 0 Å². The molecule has 1 aromatic heterocycles. The van der Waals surface area contributed by atoms with Crippen molar-refractivity contribution < 1.29 is 0 Å². The number of nitrogens with one attached hydrogen (secondary N) is 1. The molecule has 0 saturated carbocycles. The maximum Gasteiger partial charge on any atom is 0.133 e. The molecule has 2 aliphatic rings. The average Bonchev–Trinajstić information content (AvgIpc) is 2.52. The van der Waals surface area contributed by atoms with Gasteiger partial charge < -0.3 is 10.2 Å². The highest BCUT2D eigenvalue weighted by Crippen LogP contribution is 2.27. The Labute approximate surface area is 136 Å². The van der Waals surface area contributed by atoms with Crippen LogP contribution in [0, 0.1) is 0 Å². The van der Waals surface area contributed by atoms with Gasteiger partial charge in [0, 0.05) is 48.5 Å². The number of hydrogen-bond donors (Lipinski definition) is 1. The summed E-state index contributed by atoms with van der Waals surface area (Å²) in [6.07, 6.45) is 6.03. The molecule has 4 nitrogen and oxygen atoms in total. The van der Waals surface area contributed by atoms with Crippen LogP contribution in [0.2, 0.25) is 0 Å². The summed E-state index contributed by atoms with van der Waals surface area (Å²) in [6.45, 7) is 8.73. The number of piperazine rings is 1. The molecular weight excluding hydrogens is 328 g/mol. The fourth-order valence-electron chi connectivity index (χ4n) is 3.50. The molecule has 0 amide bonds. The second-order valence-electron chi connectivity index (χ2n) is 6.05. The summed E-state index contributed by atoms with van der Waals surface area (Å²) < 4.78 is 1.07. The van der Waals surface area contributed by atoms with Gasteiger partial charge in [-0.15, -0.1) is 0 Å². The summed E-state index contributed by atoms with van der Waals surface area (Å²) >= 11 is 3.55. The Kier molecular flexibility index (Phi) is 5.14. The zero-order valence-electron chi connectivity index (χ0n) is 12.8. The van der Waals surface area contributed by atoms with Crippen LogP contribution in [-0.4, -0.2) is 48.6 Å². The van der Waals surface area contributed by atoms with Gasteiger partial charge in [0.15, 0.2) is 0 Å². The van der Waals surface area contributed by atoms with Crippen molar-refractivity contribution in [2.24, 2.45) is 0 Å².